The Kier molecular flexibility index (Phi) is 3.74. The third-order valence-corrected chi connectivity index (χ3v) is 0.936. The molecule has 0 aliphatic rings. The molecule has 0 aromatic rings. The highest BCUT2D eigenvalue weighted by molar-refractivity contribution is 8.00. The van der Waals surface area contributed by atoms with Crippen LogP contribution in [-0.4, -0.2) is 6.72 Å². The van der Waals surface area contributed by atoms with E-state index in [1.54, 1.807) is 6.20 Å². The third kappa shape index (κ3) is 3.55. The van der Waals surface area contributed by atoms with Gasteiger partial charge in [-0.15, -0.1) is 0 Å². The molecule has 0 aromatic heterocycles. The maximum atomic E-state index is 5.12. The highest BCUT2D eigenvalue weighted by atomic mass is 32.2. The van der Waals surface area contributed by atoms with Crippen LogP contribution in [0.15, 0.2) is 16.1 Å². The summed E-state index contributed by atoms with van der Waals surface area (Å²) in [6.45, 7) is 5.13. The molecule has 0 saturated heterocycles. The lowest BCUT2D eigenvalue weighted by atomic mass is 10.7. The maximum absolute atomic E-state index is 5.12. The van der Waals surface area contributed by atoms with Crippen molar-refractivity contribution < 1.29 is 0 Å². The number of aliphatic imine (C=N–C) groups is 1. The van der Waals surface area contributed by atoms with Gasteiger partial charge in [-0.3, -0.25) is 10.1 Å². The average molecular weight is 116 g/mol. The summed E-state index contributed by atoms with van der Waals surface area (Å²) in [6.07, 6.45) is 1.62. The Labute approximate surface area is 47.6 Å². The van der Waals surface area contributed by atoms with Crippen molar-refractivity contribution in [1.82, 2.24) is 0 Å². The predicted molar refractivity (Wildman–Crippen MR) is 35.1 cm³/mol. The van der Waals surface area contributed by atoms with Gasteiger partial charge in [0.05, 0.1) is 0 Å². The quantitative estimate of drug-likeness (QED) is 0.434. The lowest BCUT2D eigenvalue weighted by Crippen LogP contribution is -1.75. The van der Waals surface area contributed by atoms with E-state index in [2.05, 4.69) is 11.7 Å². The zero-order valence-electron chi connectivity index (χ0n) is 4.22. The summed E-state index contributed by atoms with van der Waals surface area (Å²) in [5, 5.41) is 5.12. The molecule has 0 heterocycles. The number of rotatable bonds is 2. The predicted octanol–water partition coefficient (Wildman–Crippen LogP) is 1.16. The third-order valence-electron chi connectivity index (χ3n) is 0.459. The Balaban J connectivity index is 3.49. The molecule has 2 nitrogen and oxygen atoms in total. The molecule has 0 aliphatic heterocycles. The number of hydrogen-bond donors (Lipinski definition) is 1. The van der Waals surface area contributed by atoms with Crippen LogP contribution in [0.2, 0.25) is 0 Å². The Morgan fingerprint density at radius 3 is 2.71 bits per heavy atom. The van der Waals surface area contributed by atoms with Crippen molar-refractivity contribution in [1.29, 1.82) is 0 Å². The van der Waals surface area contributed by atoms with E-state index in [0.717, 1.165) is 4.91 Å². The van der Waals surface area contributed by atoms with E-state index in [9.17, 15) is 0 Å². The van der Waals surface area contributed by atoms with E-state index >= 15 is 0 Å². The summed E-state index contributed by atoms with van der Waals surface area (Å²) in [5.41, 5.74) is 0. The van der Waals surface area contributed by atoms with E-state index in [-0.39, 0.29) is 0 Å². The van der Waals surface area contributed by atoms with Crippen LogP contribution in [0.5, 0.6) is 0 Å². The Hall–Kier alpha value is -0.280. The molecule has 0 rings (SSSR count). The molecule has 3 heteroatoms. The van der Waals surface area contributed by atoms with Gasteiger partial charge in [-0.05, 0) is 13.6 Å². The van der Waals surface area contributed by atoms with Crippen molar-refractivity contribution in [2.75, 3.05) is 0 Å². The smallest absolute Gasteiger partial charge is 0.0365 e. The van der Waals surface area contributed by atoms with Crippen LogP contribution in [0.1, 0.15) is 6.92 Å². The monoisotopic (exact) mass is 116 g/mol. The van der Waals surface area contributed by atoms with Crippen molar-refractivity contribution in [2.45, 2.75) is 6.92 Å². The molecule has 0 amide bonds. The molecule has 0 unspecified atom stereocenters. The summed E-state index contributed by atoms with van der Waals surface area (Å²) in [5.74, 6) is 0. The molecule has 7 heavy (non-hydrogen) atoms. The van der Waals surface area contributed by atoms with Gasteiger partial charge in [-0.25, -0.2) is 0 Å². The SMILES string of the molecule is C=N/C=C(/C)SN. The van der Waals surface area contributed by atoms with Gasteiger partial charge in [-0.1, -0.05) is 11.9 Å². The first kappa shape index (κ1) is 6.72. The van der Waals surface area contributed by atoms with Crippen LogP contribution in [0, 0.1) is 0 Å². The number of allylic oxidation sites excluding steroid dienone is 1. The van der Waals surface area contributed by atoms with E-state index in [1.807, 2.05) is 6.92 Å². The largest absolute Gasteiger partial charge is 0.274 e. The lowest BCUT2D eigenvalue weighted by molar-refractivity contribution is 1.53. The van der Waals surface area contributed by atoms with Crippen molar-refractivity contribution >= 4 is 18.7 Å². The number of nitrogens with two attached hydrogens (primary N) is 1. The van der Waals surface area contributed by atoms with Gasteiger partial charge in [0, 0.05) is 11.1 Å². The van der Waals surface area contributed by atoms with Crippen molar-refractivity contribution in [3.63, 3.8) is 0 Å². The molecule has 0 aliphatic carbocycles. The van der Waals surface area contributed by atoms with Crippen LogP contribution in [0.25, 0.3) is 0 Å². The van der Waals surface area contributed by atoms with E-state index in [1.165, 1.54) is 11.9 Å². The first-order valence-corrected chi connectivity index (χ1v) is 2.68. The summed E-state index contributed by atoms with van der Waals surface area (Å²) in [6, 6.07) is 0. The van der Waals surface area contributed by atoms with Crippen LogP contribution < -0.4 is 5.14 Å². The molecule has 0 fully saturated rings. The van der Waals surface area contributed by atoms with Crippen LogP contribution in [-0.2, 0) is 0 Å². The molecule has 2 N–H and O–H groups in total. The van der Waals surface area contributed by atoms with Gasteiger partial charge in [0.2, 0.25) is 0 Å². The number of hydrogen-bond acceptors (Lipinski definition) is 3. The zero-order valence-corrected chi connectivity index (χ0v) is 5.03. The Morgan fingerprint density at radius 2 is 2.57 bits per heavy atom. The van der Waals surface area contributed by atoms with Crippen molar-refractivity contribution in [2.24, 2.45) is 10.1 Å². The summed E-state index contributed by atoms with van der Waals surface area (Å²) in [7, 11) is 0. The molecular formula is C4H8N2S. The highest BCUT2D eigenvalue weighted by Gasteiger charge is 1.76. The molecule has 0 atom stereocenters. The second-order valence-corrected chi connectivity index (χ2v) is 1.92. The molecular weight excluding hydrogens is 108 g/mol. The van der Waals surface area contributed by atoms with Gasteiger partial charge < -0.3 is 0 Å². The topological polar surface area (TPSA) is 38.4 Å². The fraction of sp³-hybridized carbons (Fsp3) is 0.250. The molecule has 0 aromatic carbocycles. The molecule has 0 radical (unpaired) electrons. The van der Waals surface area contributed by atoms with Gasteiger partial charge in [0.15, 0.2) is 0 Å². The van der Waals surface area contributed by atoms with Crippen LogP contribution >= 0.6 is 11.9 Å². The van der Waals surface area contributed by atoms with E-state index < -0.39 is 0 Å². The molecule has 0 spiro atoms. The second-order valence-electron chi connectivity index (χ2n) is 1.04. The minimum Gasteiger partial charge on any atom is -0.274 e. The second kappa shape index (κ2) is 3.89. The van der Waals surface area contributed by atoms with Gasteiger partial charge in [-0.2, -0.15) is 0 Å². The fourth-order valence-corrected chi connectivity index (χ4v) is 0.294. The average Bonchev–Trinajstić information content (AvgIpc) is 1.68. The van der Waals surface area contributed by atoms with Crippen molar-refractivity contribution in [3.05, 3.63) is 11.1 Å². The lowest BCUT2D eigenvalue weighted by Gasteiger charge is -1.85. The highest BCUT2D eigenvalue weighted by Crippen LogP contribution is 2.03. The summed E-state index contributed by atoms with van der Waals surface area (Å²) in [4.78, 5) is 4.46. The summed E-state index contributed by atoms with van der Waals surface area (Å²) >= 11 is 1.18. The standard InChI is InChI=1S/C4H8N2S/c1-4(7-5)3-6-2/h3H,2,5H2,1H3/b4-3-. The minimum atomic E-state index is 0.968. The molecule has 0 saturated carbocycles. The Morgan fingerprint density at radius 1 is 2.00 bits per heavy atom. The summed E-state index contributed by atoms with van der Waals surface area (Å²) < 4.78 is 0. The van der Waals surface area contributed by atoms with Crippen LogP contribution in [0.4, 0.5) is 0 Å². The van der Waals surface area contributed by atoms with Crippen molar-refractivity contribution in [3.8, 4) is 0 Å². The first-order valence-electron chi connectivity index (χ1n) is 1.80. The normalized spacial score (nSPS) is 11.4. The van der Waals surface area contributed by atoms with Gasteiger partial charge in [0.25, 0.3) is 0 Å². The minimum absolute atomic E-state index is 0.968. The number of nitrogens with zero attached hydrogens (tertiary/aromatic N) is 1. The fourth-order valence-electron chi connectivity index (χ4n) is 0.159. The van der Waals surface area contributed by atoms with Gasteiger partial charge in [0.1, 0.15) is 0 Å². The molecule has 40 valence electrons. The first-order chi connectivity index (χ1) is 3.31. The molecule has 0 bridgehead atoms. The van der Waals surface area contributed by atoms with Gasteiger partial charge >= 0.3 is 0 Å². The zero-order chi connectivity index (χ0) is 5.70. The maximum Gasteiger partial charge on any atom is 0.0365 e. The Bertz CT molecular complexity index is 87.7. The van der Waals surface area contributed by atoms with Crippen LogP contribution in [0.3, 0.4) is 0 Å². The van der Waals surface area contributed by atoms with E-state index in [4.69, 9.17) is 5.14 Å². The van der Waals surface area contributed by atoms with E-state index in [0.29, 0.717) is 0 Å².